The number of carbonyl (C=O) groups is 1. The normalized spacial score (nSPS) is 12.2. The molecule has 0 heterocycles. The summed E-state index contributed by atoms with van der Waals surface area (Å²) in [6.07, 6.45) is 3.14. The van der Waals surface area contributed by atoms with Crippen LogP contribution in [0.1, 0.15) is 26.7 Å². The molecule has 0 aliphatic rings. The Labute approximate surface area is 80.6 Å². The molecule has 0 saturated heterocycles. The first-order valence-electron chi connectivity index (χ1n) is 4.76. The van der Waals surface area contributed by atoms with Gasteiger partial charge in [-0.2, -0.15) is 0 Å². The van der Waals surface area contributed by atoms with Crippen molar-refractivity contribution in [3.63, 3.8) is 0 Å². The van der Waals surface area contributed by atoms with E-state index in [0.29, 0.717) is 13.0 Å². The van der Waals surface area contributed by atoms with Gasteiger partial charge in [0.2, 0.25) is 5.91 Å². The Morgan fingerprint density at radius 2 is 2.31 bits per heavy atom. The van der Waals surface area contributed by atoms with Crippen molar-refractivity contribution in [3.8, 4) is 0 Å². The van der Waals surface area contributed by atoms with Gasteiger partial charge in [-0.1, -0.05) is 13.0 Å². The zero-order valence-corrected chi connectivity index (χ0v) is 8.62. The summed E-state index contributed by atoms with van der Waals surface area (Å²) in [4.78, 5) is 13.3. The minimum atomic E-state index is -0.0586. The Morgan fingerprint density at radius 3 is 2.69 bits per heavy atom. The lowest BCUT2D eigenvalue weighted by Gasteiger charge is -2.21. The van der Waals surface area contributed by atoms with E-state index in [1.165, 1.54) is 0 Å². The van der Waals surface area contributed by atoms with Crippen LogP contribution < -0.4 is 5.73 Å². The van der Waals surface area contributed by atoms with E-state index >= 15 is 0 Å². The molecule has 0 radical (unpaired) electrons. The van der Waals surface area contributed by atoms with Crippen molar-refractivity contribution in [2.24, 2.45) is 5.73 Å². The van der Waals surface area contributed by atoms with E-state index < -0.39 is 0 Å². The minimum absolute atomic E-state index is 0.0586. The number of hydrogen-bond donors (Lipinski definition) is 1. The average Bonchev–Trinajstić information content (AvgIpc) is 2.02. The van der Waals surface area contributed by atoms with Crippen LogP contribution in [0, 0.1) is 0 Å². The van der Waals surface area contributed by atoms with Gasteiger partial charge < -0.3 is 10.6 Å². The van der Waals surface area contributed by atoms with Crippen molar-refractivity contribution < 1.29 is 4.79 Å². The highest BCUT2D eigenvalue weighted by molar-refractivity contribution is 5.76. The molecule has 0 aliphatic heterocycles. The Morgan fingerprint density at radius 1 is 1.69 bits per heavy atom. The van der Waals surface area contributed by atoms with Gasteiger partial charge in [-0.15, -0.1) is 6.58 Å². The summed E-state index contributed by atoms with van der Waals surface area (Å²) in [6.45, 7) is 8.93. The van der Waals surface area contributed by atoms with E-state index in [1.807, 2.05) is 6.92 Å². The van der Waals surface area contributed by atoms with Crippen LogP contribution >= 0.6 is 0 Å². The van der Waals surface area contributed by atoms with Gasteiger partial charge in [0.1, 0.15) is 0 Å². The van der Waals surface area contributed by atoms with Gasteiger partial charge in [0.05, 0.1) is 0 Å². The average molecular weight is 184 g/mol. The topological polar surface area (TPSA) is 46.3 Å². The van der Waals surface area contributed by atoms with Gasteiger partial charge in [-0.05, 0) is 13.3 Å². The number of rotatable bonds is 6. The molecule has 0 bridgehead atoms. The second kappa shape index (κ2) is 6.66. The zero-order chi connectivity index (χ0) is 10.3. The molecule has 3 heteroatoms. The van der Waals surface area contributed by atoms with Crippen molar-refractivity contribution in [2.45, 2.75) is 32.7 Å². The van der Waals surface area contributed by atoms with Gasteiger partial charge in [0.15, 0.2) is 0 Å². The molecule has 0 saturated carbocycles. The van der Waals surface area contributed by atoms with Crippen molar-refractivity contribution in [1.82, 2.24) is 4.90 Å². The lowest BCUT2D eigenvalue weighted by atomic mass is 10.2. The molecular weight excluding hydrogens is 164 g/mol. The van der Waals surface area contributed by atoms with Crippen LogP contribution in [-0.4, -0.2) is 29.9 Å². The molecule has 0 aromatic rings. The molecule has 1 amide bonds. The molecule has 0 aromatic heterocycles. The lowest BCUT2D eigenvalue weighted by Crippen LogP contribution is -2.35. The van der Waals surface area contributed by atoms with Crippen LogP contribution in [0.4, 0.5) is 0 Å². The van der Waals surface area contributed by atoms with Crippen LogP contribution in [0.3, 0.4) is 0 Å². The van der Waals surface area contributed by atoms with Gasteiger partial charge in [-0.25, -0.2) is 0 Å². The van der Waals surface area contributed by atoms with Gasteiger partial charge in [0.25, 0.3) is 0 Å². The molecule has 13 heavy (non-hydrogen) atoms. The van der Waals surface area contributed by atoms with E-state index in [9.17, 15) is 4.79 Å². The monoisotopic (exact) mass is 184 g/mol. The molecule has 2 N–H and O–H groups in total. The van der Waals surface area contributed by atoms with Crippen LogP contribution in [0.5, 0.6) is 0 Å². The number of nitrogens with zero attached hydrogens (tertiary/aromatic N) is 1. The molecule has 0 spiro atoms. The van der Waals surface area contributed by atoms with Crippen molar-refractivity contribution in [1.29, 1.82) is 0 Å². The fraction of sp³-hybridized carbons (Fsp3) is 0.700. The Balaban J connectivity index is 4.02. The predicted molar refractivity (Wildman–Crippen MR) is 55.3 cm³/mol. The summed E-state index contributed by atoms with van der Waals surface area (Å²) < 4.78 is 0. The maximum atomic E-state index is 11.5. The van der Waals surface area contributed by atoms with Gasteiger partial charge >= 0.3 is 0 Å². The summed E-state index contributed by atoms with van der Waals surface area (Å²) in [5.41, 5.74) is 5.55. The van der Waals surface area contributed by atoms with Crippen LogP contribution in [-0.2, 0) is 4.79 Å². The third kappa shape index (κ3) is 5.42. The molecule has 1 atom stereocenters. The summed E-state index contributed by atoms with van der Waals surface area (Å²) in [5, 5.41) is 0. The fourth-order valence-corrected chi connectivity index (χ4v) is 1.15. The summed E-state index contributed by atoms with van der Waals surface area (Å²) in [5.74, 6) is 0.122. The molecule has 3 nitrogen and oxygen atoms in total. The molecule has 0 rings (SSSR count). The highest BCUT2D eigenvalue weighted by Gasteiger charge is 2.12. The molecule has 0 aromatic carbocycles. The molecule has 76 valence electrons. The number of carbonyl (C=O) groups excluding carboxylic acids is 1. The first-order valence-corrected chi connectivity index (χ1v) is 4.76. The second-order valence-electron chi connectivity index (χ2n) is 3.31. The number of hydrogen-bond acceptors (Lipinski definition) is 2. The smallest absolute Gasteiger partial charge is 0.224 e. The van der Waals surface area contributed by atoms with E-state index in [0.717, 1.165) is 13.0 Å². The predicted octanol–water partition coefficient (Wildman–Crippen LogP) is 1.15. The van der Waals surface area contributed by atoms with E-state index in [1.54, 1.807) is 11.0 Å². The van der Waals surface area contributed by atoms with E-state index in [2.05, 4.69) is 13.5 Å². The Hall–Kier alpha value is -0.830. The van der Waals surface area contributed by atoms with E-state index in [-0.39, 0.29) is 11.9 Å². The van der Waals surface area contributed by atoms with Crippen LogP contribution in [0.25, 0.3) is 0 Å². The summed E-state index contributed by atoms with van der Waals surface area (Å²) >= 11 is 0. The van der Waals surface area contributed by atoms with Crippen molar-refractivity contribution in [3.05, 3.63) is 12.7 Å². The lowest BCUT2D eigenvalue weighted by molar-refractivity contribution is -0.131. The van der Waals surface area contributed by atoms with Crippen LogP contribution in [0.15, 0.2) is 12.7 Å². The quantitative estimate of drug-likeness (QED) is 0.629. The Kier molecular flexibility index (Phi) is 6.24. The minimum Gasteiger partial charge on any atom is -0.339 e. The molecule has 1 unspecified atom stereocenters. The standard InChI is InChI=1S/C10H20N2O/c1-4-6-12(7-5-2)10(13)8-9(3)11/h4,9H,1,5-8,11H2,2-3H3. The Bertz CT molecular complexity index is 166. The SMILES string of the molecule is C=CCN(CCC)C(=O)CC(C)N. The molecule has 0 aliphatic carbocycles. The highest BCUT2D eigenvalue weighted by Crippen LogP contribution is 1.98. The summed E-state index contributed by atoms with van der Waals surface area (Å²) in [7, 11) is 0. The maximum absolute atomic E-state index is 11.5. The van der Waals surface area contributed by atoms with Crippen LogP contribution in [0.2, 0.25) is 0 Å². The largest absolute Gasteiger partial charge is 0.339 e. The molecular formula is C10H20N2O. The number of nitrogens with two attached hydrogens (primary N) is 1. The van der Waals surface area contributed by atoms with Gasteiger partial charge in [0, 0.05) is 25.6 Å². The fourth-order valence-electron chi connectivity index (χ4n) is 1.15. The third-order valence-electron chi connectivity index (χ3n) is 1.69. The van der Waals surface area contributed by atoms with Crippen molar-refractivity contribution in [2.75, 3.05) is 13.1 Å². The zero-order valence-electron chi connectivity index (χ0n) is 8.62. The first kappa shape index (κ1) is 12.2. The van der Waals surface area contributed by atoms with Gasteiger partial charge in [-0.3, -0.25) is 4.79 Å². The summed E-state index contributed by atoms with van der Waals surface area (Å²) in [6, 6.07) is -0.0586. The van der Waals surface area contributed by atoms with E-state index in [4.69, 9.17) is 5.73 Å². The second-order valence-corrected chi connectivity index (χ2v) is 3.31. The number of amides is 1. The maximum Gasteiger partial charge on any atom is 0.224 e. The molecule has 0 fully saturated rings. The first-order chi connectivity index (χ1) is 6.11. The van der Waals surface area contributed by atoms with Crippen molar-refractivity contribution >= 4 is 5.91 Å². The highest BCUT2D eigenvalue weighted by atomic mass is 16.2. The third-order valence-corrected chi connectivity index (χ3v) is 1.69.